The van der Waals surface area contributed by atoms with E-state index in [-0.39, 0.29) is 25.0 Å². The summed E-state index contributed by atoms with van der Waals surface area (Å²) in [5.41, 5.74) is 0.698. The number of halogens is 3. The monoisotopic (exact) mass is 277 g/mol. The summed E-state index contributed by atoms with van der Waals surface area (Å²) in [5.74, 6) is 0.707. The van der Waals surface area contributed by atoms with Crippen molar-refractivity contribution in [3.05, 3.63) is 11.8 Å². The largest absolute Gasteiger partial charge is 0.475 e. The fourth-order valence-corrected chi connectivity index (χ4v) is 1.41. The molecule has 1 aromatic heterocycles. The third-order valence-corrected chi connectivity index (χ3v) is 2.11. The molecule has 0 saturated carbocycles. The quantitative estimate of drug-likeness (QED) is 0.810. The Morgan fingerprint density at radius 1 is 1.32 bits per heavy atom. The number of hydrogen-bond donors (Lipinski definition) is 1. The summed E-state index contributed by atoms with van der Waals surface area (Å²) in [6.07, 6.45) is -4.98. The van der Waals surface area contributed by atoms with Gasteiger partial charge in [0.2, 0.25) is 11.8 Å². The topological polar surface area (TPSA) is 47.0 Å². The zero-order valence-corrected chi connectivity index (χ0v) is 11.2. The van der Waals surface area contributed by atoms with Gasteiger partial charge in [0.25, 0.3) is 0 Å². The Balaban J connectivity index is 2.51. The van der Waals surface area contributed by atoms with Gasteiger partial charge in [-0.3, -0.25) is 0 Å². The van der Waals surface area contributed by atoms with Crippen LogP contribution >= 0.6 is 0 Å². The molecule has 0 spiro atoms. The average molecular weight is 277 g/mol. The Morgan fingerprint density at radius 3 is 2.58 bits per heavy atom. The van der Waals surface area contributed by atoms with E-state index in [0.717, 1.165) is 0 Å². The summed E-state index contributed by atoms with van der Waals surface area (Å²) in [6, 6.07) is 1.68. The first-order valence-electron chi connectivity index (χ1n) is 6.09. The number of anilines is 1. The first kappa shape index (κ1) is 15.5. The number of hydrogen-bond acceptors (Lipinski definition) is 4. The molecule has 7 heteroatoms. The van der Waals surface area contributed by atoms with Gasteiger partial charge in [-0.15, -0.1) is 0 Å². The van der Waals surface area contributed by atoms with E-state index in [1.165, 1.54) is 0 Å². The fourth-order valence-electron chi connectivity index (χ4n) is 1.41. The van der Waals surface area contributed by atoms with E-state index in [0.29, 0.717) is 11.6 Å². The number of alkyl halides is 3. The molecule has 1 heterocycles. The molecular weight excluding hydrogens is 259 g/mol. The van der Waals surface area contributed by atoms with Crippen molar-refractivity contribution in [3.8, 4) is 5.88 Å². The summed E-state index contributed by atoms with van der Waals surface area (Å²) in [6.45, 7) is 5.68. The van der Waals surface area contributed by atoms with Crippen LogP contribution in [-0.4, -0.2) is 28.8 Å². The van der Waals surface area contributed by atoms with Gasteiger partial charge in [0, 0.05) is 24.7 Å². The maximum Gasteiger partial charge on any atom is 0.389 e. The van der Waals surface area contributed by atoms with Gasteiger partial charge in [-0.25, -0.2) is 4.98 Å². The Kier molecular flexibility index (Phi) is 5.38. The molecule has 19 heavy (non-hydrogen) atoms. The van der Waals surface area contributed by atoms with Crippen LogP contribution in [0.1, 0.15) is 32.4 Å². The normalized spacial score (nSPS) is 11.7. The van der Waals surface area contributed by atoms with E-state index >= 15 is 0 Å². The highest BCUT2D eigenvalue weighted by Gasteiger charge is 2.25. The molecule has 0 fully saturated rings. The first-order chi connectivity index (χ1) is 8.76. The van der Waals surface area contributed by atoms with E-state index in [9.17, 15) is 13.2 Å². The first-order valence-corrected chi connectivity index (χ1v) is 6.09. The highest BCUT2D eigenvalue weighted by Crippen LogP contribution is 2.21. The van der Waals surface area contributed by atoms with Crippen molar-refractivity contribution in [2.45, 2.75) is 45.9 Å². The predicted octanol–water partition coefficient (Wildman–Crippen LogP) is 3.33. The van der Waals surface area contributed by atoms with Gasteiger partial charge in [-0.2, -0.15) is 18.2 Å². The van der Waals surface area contributed by atoms with Crippen molar-refractivity contribution in [3.63, 3.8) is 0 Å². The lowest BCUT2D eigenvalue weighted by atomic mass is 10.3. The molecule has 0 radical (unpaired) electrons. The minimum absolute atomic E-state index is 0.0127. The fraction of sp³-hybridized carbons (Fsp3) is 0.667. The minimum atomic E-state index is -4.12. The molecular formula is C12H18F3N3O. The summed E-state index contributed by atoms with van der Waals surface area (Å²) < 4.78 is 41.3. The molecule has 0 saturated heterocycles. The molecule has 0 aliphatic rings. The highest BCUT2D eigenvalue weighted by atomic mass is 19.4. The second-order valence-electron chi connectivity index (χ2n) is 4.48. The highest BCUT2D eigenvalue weighted by molar-refractivity contribution is 5.30. The summed E-state index contributed by atoms with van der Waals surface area (Å²) in [5, 5.41) is 2.77. The molecule has 0 atom stereocenters. The van der Waals surface area contributed by atoms with Crippen LogP contribution in [0.15, 0.2) is 6.07 Å². The lowest BCUT2D eigenvalue weighted by Gasteiger charge is -2.11. The molecule has 108 valence electrons. The molecule has 0 aliphatic heterocycles. The predicted molar refractivity (Wildman–Crippen MR) is 66.3 cm³/mol. The minimum Gasteiger partial charge on any atom is -0.475 e. The van der Waals surface area contributed by atoms with E-state index in [1.54, 1.807) is 13.0 Å². The number of aryl methyl sites for hydroxylation is 1. The van der Waals surface area contributed by atoms with Crippen molar-refractivity contribution in [1.29, 1.82) is 0 Å². The number of nitrogens with one attached hydrogen (secondary N) is 1. The Morgan fingerprint density at radius 2 is 2.00 bits per heavy atom. The van der Waals surface area contributed by atoms with E-state index in [4.69, 9.17) is 4.74 Å². The van der Waals surface area contributed by atoms with E-state index in [1.807, 2.05) is 13.8 Å². The van der Waals surface area contributed by atoms with Gasteiger partial charge in [0.05, 0.1) is 6.10 Å². The maximum atomic E-state index is 12.0. The Hall–Kier alpha value is -1.53. The second-order valence-corrected chi connectivity index (χ2v) is 4.48. The van der Waals surface area contributed by atoms with Crippen LogP contribution in [0, 0.1) is 6.92 Å². The van der Waals surface area contributed by atoms with Crippen molar-refractivity contribution in [2.75, 3.05) is 11.9 Å². The van der Waals surface area contributed by atoms with Gasteiger partial charge in [-0.05, 0) is 27.2 Å². The zero-order chi connectivity index (χ0) is 14.5. The standard InChI is InChI=1S/C12H18F3N3O/c1-8(2)19-10-7-9(3)17-11(18-10)16-6-4-5-12(13,14)15/h7-8H,4-6H2,1-3H3,(H,16,17,18). The third-order valence-electron chi connectivity index (χ3n) is 2.11. The van der Waals surface area contributed by atoms with Gasteiger partial charge >= 0.3 is 6.18 Å². The molecule has 1 rings (SSSR count). The van der Waals surface area contributed by atoms with Crippen molar-refractivity contribution >= 4 is 5.95 Å². The molecule has 0 bridgehead atoms. The number of aromatic nitrogens is 2. The summed E-state index contributed by atoms with van der Waals surface area (Å²) in [4.78, 5) is 8.17. The van der Waals surface area contributed by atoms with Gasteiger partial charge in [-0.1, -0.05) is 0 Å². The van der Waals surface area contributed by atoms with Crippen molar-refractivity contribution < 1.29 is 17.9 Å². The van der Waals surface area contributed by atoms with Gasteiger partial charge in [0.1, 0.15) is 0 Å². The molecule has 0 aliphatic carbocycles. The van der Waals surface area contributed by atoms with E-state index < -0.39 is 12.6 Å². The van der Waals surface area contributed by atoms with Gasteiger partial charge < -0.3 is 10.1 Å². The number of ether oxygens (including phenoxy) is 1. The lowest BCUT2D eigenvalue weighted by molar-refractivity contribution is -0.134. The number of nitrogens with zero attached hydrogens (tertiary/aromatic N) is 2. The summed E-state index contributed by atoms with van der Waals surface area (Å²) in [7, 11) is 0. The van der Waals surface area contributed by atoms with E-state index in [2.05, 4.69) is 15.3 Å². The van der Waals surface area contributed by atoms with Crippen molar-refractivity contribution in [1.82, 2.24) is 9.97 Å². The maximum absolute atomic E-state index is 12.0. The lowest BCUT2D eigenvalue weighted by Crippen LogP contribution is -2.13. The second kappa shape index (κ2) is 6.58. The van der Waals surface area contributed by atoms with Crippen LogP contribution in [0.3, 0.4) is 0 Å². The van der Waals surface area contributed by atoms with Crippen LogP contribution in [0.2, 0.25) is 0 Å². The molecule has 0 aromatic carbocycles. The molecule has 1 aromatic rings. The molecule has 0 amide bonds. The smallest absolute Gasteiger partial charge is 0.389 e. The third kappa shape index (κ3) is 6.83. The number of rotatable bonds is 6. The average Bonchev–Trinajstić information content (AvgIpc) is 2.21. The van der Waals surface area contributed by atoms with Crippen LogP contribution in [0.5, 0.6) is 5.88 Å². The van der Waals surface area contributed by atoms with Crippen molar-refractivity contribution in [2.24, 2.45) is 0 Å². The molecule has 0 unspecified atom stereocenters. The van der Waals surface area contributed by atoms with Crippen LogP contribution in [-0.2, 0) is 0 Å². The van der Waals surface area contributed by atoms with Gasteiger partial charge in [0.15, 0.2) is 0 Å². The molecule has 1 N–H and O–H groups in total. The van der Waals surface area contributed by atoms with Crippen LogP contribution < -0.4 is 10.1 Å². The van der Waals surface area contributed by atoms with Crippen LogP contribution in [0.4, 0.5) is 19.1 Å². The Labute approximate surface area is 110 Å². The van der Waals surface area contributed by atoms with Crippen LogP contribution in [0.25, 0.3) is 0 Å². The molecule has 4 nitrogen and oxygen atoms in total. The zero-order valence-electron chi connectivity index (χ0n) is 11.2. The Bertz CT molecular complexity index is 408. The summed E-state index contributed by atoms with van der Waals surface area (Å²) >= 11 is 0. The SMILES string of the molecule is Cc1cc(OC(C)C)nc(NCCCC(F)(F)F)n1.